The molecule has 0 unspecified atom stereocenters. The zero-order chi connectivity index (χ0) is 28.5. The number of nitrogens with zero attached hydrogens (tertiary/aromatic N) is 6. The van der Waals surface area contributed by atoms with E-state index in [-0.39, 0.29) is 23.2 Å². The molecule has 11 heteroatoms. The number of nitrogens with two attached hydrogens (primary N) is 1. The van der Waals surface area contributed by atoms with Gasteiger partial charge in [-0.05, 0) is 48.7 Å². The highest BCUT2D eigenvalue weighted by Crippen LogP contribution is 2.30. The molecule has 1 fully saturated rings. The van der Waals surface area contributed by atoms with Crippen molar-refractivity contribution in [3.05, 3.63) is 94.8 Å². The van der Waals surface area contributed by atoms with E-state index >= 15 is 0 Å². The number of rotatable bonds is 7. The lowest BCUT2D eigenvalue weighted by atomic mass is 10.0. The van der Waals surface area contributed by atoms with Gasteiger partial charge in [0.2, 0.25) is 11.8 Å². The number of nitrogen functional groups attached to an aromatic ring is 1. The van der Waals surface area contributed by atoms with Gasteiger partial charge in [0.15, 0.2) is 0 Å². The maximum Gasteiger partial charge on any atom is 0.266 e. The minimum absolute atomic E-state index is 0.0317. The Morgan fingerprint density at radius 1 is 1.05 bits per heavy atom. The van der Waals surface area contributed by atoms with E-state index in [2.05, 4.69) is 20.3 Å². The lowest BCUT2D eigenvalue weighted by molar-refractivity contribution is 0.0652. The van der Waals surface area contributed by atoms with E-state index in [1.165, 1.54) is 6.20 Å². The number of anilines is 2. The van der Waals surface area contributed by atoms with Gasteiger partial charge in [-0.3, -0.25) is 14.2 Å². The van der Waals surface area contributed by atoms with Crippen LogP contribution in [0, 0.1) is 0 Å². The average molecular weight is 549 g/mol. The molecule has 3 N–H and O–H groups in total. The third kappa shape index (κ3) is 4.82. The molecule has 0 spiro atoms. The van der Waals surface area contributed by atoms with Crippen LogP contribution in [0.25, 0.3) is 27.7 Å². The number of likely N-dealkylation sites (tertiary alicyclic amines) is 1. The van der Waals surface area contributed by atoms with Gasteiger partial charge in [-0.2, -0.15) is 4.98 Å². The van der Waals surface area contributed by atoms with Crippen molar-refractivity contribution in [3.63, 3.8) is 0 Å². The highest BCUT2D eigenvalue weighted by atomic mass is 16.5. The van der Waals surface area contributed by atoms with Crippen LogP contribution in [0.4, 0.5) is 11.8 Å². The summed E-state index contributed by atoms with van der Waals surface area (Å²) in [6.07, 6.45) is 4.04. The second-order valence-corrected chi connectivity index (χ2v) is 9.73. The Bertz CT molecular complexity index is 1820. The molecule has 1 saturated heterocycles. The number of methoxy groups -OCH3 is 1. The van der Waals surface area contributed by atoms with E-state index in [1.54, 1.807) is 28.8 Å². The summed E-state index contributed by atoms with van der Waals surface area (Å²) in [5, 5.41) is 3.75. The fourth-order valence-electron chi connectivity index (χ4n) is 4.91. The number of para-hydroxylation sites is 1. The summed E-state index contributed by atoms with van der Waals surface area (Å²) in [5.41, 5.74) is 8.65. The number of benzene rings is 2. The van der Waals surface area contributed by atoms with Gasteiger partial charge in [0.25, 0.3) is 11.5 Å². The van der Waals surface area contributed by atoms with E-state index < -0.39 is 6.04 Å². The SMILES string of the molecule is COc1cc(-c2cccc3nc([C@@H](C)Nc4nc(N)ncc4C(=O)N4CCC4)n(-c4ccccc4)c(=O)c23)ccn1. The molecule has 3 aromatic heterocycles. The summed E-state index contributed by atoms with van der Waals surface area (Å²) in [4.78, 5) is 46.7. The van der Waals surface area contributed by atoms with E-state index in [1.807, 2.05) is 61.5 Å². The highest BCUT2D eigenvalue weighted by molar-refractivity contribution is 5.99. The number of hydrogen-bond acceptors (Lipinski definition) is 9. The number of amides is 1. The summed E-state index contributed by atoms with van der Waals surface area (Å²) in [6.45, 7) is 3.23. The van der Waals surface area contributed by atoms with Crippen molar-refractivity contribution >= 4 is 28.6 Å². The quantitative estimate of drug-likeness (QED) is 0.310. The molecule has 0 bridgehead atoms. The van der Waals surface area contributed by atoms with Crippen molar-refractivity contribution in [1.29, 1.82) is 0 Å². The summed E-state index contributed by atoms with van der Waals surface area (Å²) < 4.78 is 6.90. The fourth-order valence-corrected chi connectivity index (χ4v) is 4.91. The Morgan fingerprint density at radius 2 is 1.85 bits per heavy atom. The van der Waals surface area contributed by atoms with Crippen LogP contribution in [0.15, 0.2) is 77.9 Å². The van der Waals surface area contributed by atoms with Crippen LogP contribution >= 0.6 is 0 Å². The van der Waals surface area contributed by atoms with Crippen molar-refractivity contribution in [1.82, 2.24) is 29.4 Å². The number of carbonyl (C=O) groups is 1. The molecule has 2 aromatic carbocycles. The highest BCUT2D eigenvalue weighted by Gasteiger charge is 2.27. The van der Waals surface area contributed by atoms with E-state index in [0.29, 0.717) is 52.5 Å². The Morgan fingerprint density at radius 3 is 2.59 bits per heavy atom. The molecule has 1 aliphatic rings. The molecule has 0 aliphatic carbocycles. The van der Waals surface area contributed by atoms with Crippen molar-refractivity contribution in [2.75, 3.05) is 31.2 Å². The van der Waals surface area contributed by atoms with Gasteiger partial charge in [-0.15, -0.1) is 0 Å². The van der Waals surface area contributed by atoms with Crippen LogP contribution in [0.2, 0.25) is 0 Å². The van der Waals surface area contributed by atoms with Crippen LogP contribution in [0.3, 0.4) is 0 Å². The number of pyridine rings is 1. The third-order valence-electron chi connectivity index (χ3n) is 7.11. The molecule has 4 heterocycles. The number of hydrogen-bond donors (Lipinski definition) is 2. The largest absolute Gasteiger partial charge is 0.481 e. The smallest absolute Gasteiger partial charge is 0.266 e. The van der Waals surface area contributed by atoms with E-state index in [4.69, 9.17) is 15.5 Å². The Labute approximate surface area is 235 Å². The zero-order valence-electron chi connectivity index (χ0n) is 22.6. The van der Waals surface area contributed by atoms with Crippen LogP contribution in [0.5, 0.6) is 5.88 Å². The van der Waals surface area contributed by atoms with Crippen molar-refractivity contribution in [3.8, 4) is 22.7 Å². The maximum absolute atomic E-state index is 14.4. The van der Waals surface area contributed by atoms with Gasteiger partial charge in [0, 0.05) is 31.5 Å². The van der Waals surface area contributed by atoms with Crippen molar-refractivity contribution in [2.45, 2.75) is 19.4 Å². The second kappa shape index (κ2) is 10.7. The topological polar surface area (TPSA) is 141 Å². The molecule has 206 valence electrons. The lowest BCUT2D eigenvalue weighted by Crippen LogP contribution is -2.42. The minimum atomic E-state index is -0.547. The molecule has 1 aliphatic heterocycles. The van der Waals surface area contributed by atoms with Gasteiger partial charge in [-0.25, -0.2) is 15.0 Å². The van der Waals surface area contributed by atoms with Gasteiger partial charge >= 0.3 is 0 Å². The van der Waals surface area contributed by atoms with Crippen LogP contribution in [-0.4, -0.2) is 55.5 Å². The number of carbonyl (C=O) groups excluding carboxylic acids is 1. The van der Waals surface area contributed by atoms with Crippen molar-refractivity contribution in [2.24, 2.45) is 0 Å². The molecule has 1 amide bonds. The van der Waals surface area contributed by atoms with Gasteiger partial charge < -0.3 is 20.7 Å². The first-order valence-electron chi connectivity index (χ1n) is 13.2. The zero-order valence-corrected chi connectivity index (χ0v) is 22.6. The van der Waals surface area contributed by atoms with E-state index in [0.717, 1.165) is 12.0 Å². The monoisotopic (exact) mass is 548 g/mol. The predicted molar refractivity (Wildman–Crippen MR) is 156 cm³/mol. The van der Waals surface area contributed by atoms with Gasteiger partial charge in [-0.1, -0.05) is 30.3 Å². The lowest BCUT2D eigenvalue weighted by Gasteiger charge is -2.31. The Balaban J connectivity index is 1.51. The van der Waals surface area contributed by atoms with Crippen LogP contribution in [-0.2, 0) is 0 Å². The minimum Gasteiger partial charge on any atom is -0.481 e. The predicted octanol–water partition coefficient (Wildman–Crippen LogP) is 3.85. The van der Waals surface area contributed by atoms with Gasteiger partial charge in [0.1, 0.15) is 17.2 Å². The Hall–Kier alpha value is -5.32. The standard InChI is InChI=1S/C30H28N8O3/c1-18(34-26-22(17-33-30(31)36-26)28(39)37-14-7-15-37)27-35-23-11-6-10-21(19-12-13-32-24(16-19)41-2)25(23)29(40)38(27)20-8-4-3-5-9-20/h3-6,8-13,16-18H,7,14-15H2,1-2H3,(H3,31,33,34,36)/t18-/m1/s1. The molecular formula is C30H28N8O3. The Kier molecular flexibility index (Phi) is 6.76. The summed E-state index contributed by atoms with van der Waals surface area (Å²) in [6, 6.07) is 17.9. The first-order chi connectivity index (χ1) is 19.9. The van der Waals surface area contributed by atoms with Crippen LogP contribution in [0.1, 0.15) is 35.6 Å². The van der Waals surface area contributed by atoms with Crippen molar-refractivity contribution < 1.29 is 9.53 Å². The first kappa shape index (κ1) is 25.9. The summed E-state index contributed by atoms with van der Waals surface area (Å²) in [5.74, 6) is 1.03. The fraction of sp³-hybridized carbons (Fsp3) is 0.200. The summed E-state index contributed by atoms with van der Waals surface area (Å²) >= 11 is 0. The first-order valence-corrected chi connectivity index (χ1v) is 13.2. The van der Waals surface area contributed by atoms with Gasteiger partial charge in [0.05, 0.1) is 29.7 Å². The molecule has 1 atom stereocenters. The summed E-state index contributed by atoms with van der Waals surface area (Å²) in [7, 11) is 1.55. The van der Waals surface area contributed by atoms with Crippen LogP contribution < -0.4 is 21.3 Å². The molecule has 0 radical (unpaired) electrons. The number of nitrogens with one attached hydrogen (secondary N) is 1. The van der Waals surface area contributed by atoms with E-state index in [9.17, 15) is 9.59 Å². The number of aromatic nitrogens is 5. The number of ether oxygens (including phenoxy) is 1. The molecular weight excluding hydrogens is 520 g/mol. The second-order valence-electron chi connectivity index (χ2n) is 9.73. The maximum atomic E-state index is 14.4. The normalized spacial score (nSPS) is 13.5. The molecule has 6 rings (SSSR count). The third-order valence-corrected chi connectivity index (χ3v) is 7.11. The number of fused-ring (bicyclic) bond motifs is 1. The average Bonchev–Trinajstić information content (AvgIpc) is 2.96. The molecule has 5 aromatic rings. The molecule has 41 heavy (non-hydrogen) atoms. The molecule has 11 nitrogen and oxygen atoms in total. The molecule has 0 saturated carbocycles.